The van der Waals surface area contributed by atoms with E-state index in [1.54, 1.807) is 11.1 Å². The molecule has 0 heterocycles. The van der Waals surface area contributed by atoms with E-state index in [1.165, 1.54) is 64.2 Å². The molecule has 0 aromatic heterocycles. The van der Waals surface area contributed by atoms with Crippen molar-refractivity contribution >= 4 is 0 Å². The van der Waals surface area contributed by atoms with Gasteiger partial charge in [-0.1, -0.05) is 50.7 Å². The lowest BCUT2D eigenvalue weighted by Gasteiger charge is -2.17. The average molecular weight is 222 g/mol. The quantitative estimate of drug-likeness (QED) is 0.373. The zero-order valence-corrected chi connectivity index (χ0v) is 11.6. The Morgan fingerprint density at radius 1 is 1.06 bits per heavy atom. The molecule has 0 aromatic carbocycles. The molecule has 1 aliphatic rings. The number of rotatable bonds is 7. The average Bonchev–Trinajstić information content (AvgIpc) is 2.30. The van der Waals surface area contributed by atoms with Gasteiger partial charge in [0.1, 0.15) is 0 Å². The third-order valence-electron chi connectivity index (χ3n) is 4.26. The van der Waals surface area contributed by atoms with Crippen LogP contribution in [0.25, 0.3) is 0 Å². The highest BCUT2D eigenvalue weighted by Crippen LogP contribution is 2.28. The van der Waals surface area contributed by atoms with Gasteiger partial charge in [-0.05, 0) is 51.4 Å². The molecule has 16 heavy (non-hydrogen) atoms. The van der Waals surface area contributed by atoms with Crippen LogP contribution in [0.5, 0.6) is 0 Å². The second-order valence-electron chi connectivity index (χ2n) is 5.70. The van der Waals surface area contributed by atoms with Gasteiger partial charge in [-0.3, -0.25) is 0 Å². The van der Waals surface area contributed by atoms with Crippen molar-refractivity contribution in [2.24, 2.45) is 5.92 Å². The first-order valence-corrected chi connectivity index (χ1v) is 7.41. The molecule has 0 aliphatic heterocycles. The van der Waals surface area contributed by atoms with E-state index in [0.717, 1.165) is 5.92 Å². The summed E-state index contributed by atoms with van der Waals surface area (Å²) in [6.07, 6.45) is 14.2. The monoisotopic (exact) mass is 222 g/mol. The molecule has 0 bridgehead atoms. The lowest BCUT2D eigenvalue weighted by atomic mass is 9.89. The SMILES string of the molecule is CC[C@@H](C)CCCCCC1=C(C)CCCC1. The molecule has 0 amide bonds. The van der Waals surface area contributed by atoms with E-state index in [1.807, 2.05) is 0 Å². The highest BCUT2D eigenvalue weighted by atomic mass is 14.1. The molecule has 0 radical (unpaired) electrons. The van der Waals surface area contributed by atoms with Gasteiger partial charge in [-0.25, -0.2) is 0 Å². The van der Waals surface area contributed by atoms with Gasteiger partial charge >= 0.3 is 0 Å². The molecule has 0 heteroatoms. The summed E-state index contributed by atoms with van der Waals surface area (Å²) in [4.78, 5) is 0. The van der Waals surface area contributed by atoms with Crippen molar-refractivity contribution in [2.75, 3.05) is 0 Å². The van der Waals surface area contributed by atoms with Gasteiger partial charge in [-0.2, -0.15) is 0 Å². The third-order valence-corrected chi connectivity index (χ3v) is 4.26. The Kier molecular flexibility index (Phi) is 6.84. The zero-order chi connectivity index (χ0) is 11.8. The molecule has 0 saturated heterocycles. The van der Waals surface area contributed by atoms with Gasteiger partial charge in [-0.15, -0.1) is 0 Å². The van der Waals surface area contributed by atoms with Gasteiger partial charge < -0.3 is 0 Å². The van der Waals surface area contributed by atoms with Crippen LogP contribution in [-0.2, 0) is 0 Å². The first-order chi connectivity index (χ1) is 7.74. The Morgan fingerprint density at radius 2 is 1.81 bits per heavy atom. The molecular formula is C16H30. The first kappa shape index (κ1) is 13.8. The summed E-state index contributed by atoms with van der Waals surface area (Å²) in [6.45, 7) is 7.04. The zero-order valence-electron chi connectivity index (χ0n) is 11.6. The molecule has 0 unspecified atom stereocenters. The molecule has 1 rings (SSSR count). The molecule has 0 aromatic rings. The number of hydrogen-bond acceptors (Lipinski definition) is 0. The minimum absolute atomic E-state index is 0.940. The van der Waals surface area contributed by atoms with Gasteiger partial charge in [0.15, 0.2) is 0 Å². The maximum Gasteiger partial charge on any atom is -0.0318 e. The van der Waals surface area contributed by atoms with Gasteiger partial charge in [0.2, 0.25) is 0 Å². The summed E-state index contributed by atoms with van der Waals surface area (Å²) in [6, 6.07) is 0. The molecule has 1 atom stereocenters. The molecular weight excluding hydrogens is 192 g/mol. The molecule has 0 spiro atoms. The number of unbranched alkanes of at least 4 members (excludes halogenated alkanes) is 2. The Balaban J connectivity index is 2.06. The predicted octanol–water partition coefficient (Wildman–Crippen LogP) is 5.87. The van der Waals surface area contributed by atoms with E-state index in [9.17, 15) is 0 Å². The largest absolute Gasteiger partial charge is 0.0741 e. The van der Waals surface area contributed by atoms with Crippen LogP contribution >= 0.6 is 0 Å². The molecule has 1 aliphatic carbocycles. The molecule has 0 saturated carbocycles. The summed E-state index contributed by atoms with van der Waals surface area (Å²) in [5.74, 6) is 0.940. The van der Waals surface area contributed by atoms with Crippen LogP contribution in [0, 0.1) is 5.92 Å². The molecule has 0 fully saturated rings. The van der Waals surface area contributed by atoms with Gasteiger partial charge in [0.25, 0.3) is 0 Å². The Morgan fingerprint density at radius 3 is 2.50 bits per heavy atom. The molecule has 94 valence electrons. The van der Waals surface area contributed by atoms with E-state index in [2.05, 4.69) is 20.8 Å². The Bertz CT molecular complexity index is 212. The number of hydrogen-bond donors (Lipinski definition) is 0. The summed E-state index contributed by atoms with van der Waals surface area (Å²) in [7, 11) is 0. The van der Waals surface area contributed by atoms with Crippen LogP contribution in [0.15, 0.2) is 11.1 Å². The van der Waals surface area contributed by atoms with Crippen LogP contribution in [0.4, 0.5) is 0 Å². The highest BCUT2D eigenvalue weighted by Gasteiger charge is 2.08. The standard InChI is InChI=1S/C16H30/c1-4-14(2)10-6-5-7-12-16-13-9-8-11-15(16)3/h14H,4-13H2,1-3H3/t14-/m1/s1. The predicted molar refractivity (Wildman–Crippen MR) is 73.7 cm³/mol. The maximum atomic E-state index is 2.38. The van der Waals surface area contributed by atoms with Crippen molar-refractivity contribution in [1.82, 2.24) is 0 Å². The summed E-state index contributed by atoms with van der Waals surface area (Å²) >= 11 is 0. The molecule has 0 N–H and O–H groups in total. The second-order valence-corrected chi connectivity index (χ2v) is 5.70. The highest BCUT2D eigenvalue weighted by molar-refractivity contribution is 5.14. The van der Waals surface area contributed by atoms with E-state index >= 15 is 0 Å². The van der Waals surface area contributed by atoms with Crippen molar-refractivity contribution in [3.8, 4) is 0 Å². The van der Waals surface area contributed by atoms with Crippen molar-refractivity contribution in [1.29, 1.82) is 0 Å². The van der Waals surface area contributed by atoms with Crippen LogP contribution in [-0.4, -0.2) is 0 Å². The third kappa shape index (κ3) is 5.18. The smallest absolute Gasteiger partial charge is 0.0318 e. The lowest BCUT2D eigenvalue weighted by molar-refractivity contribution is 0.476. The second kappa shape index (κ2) is 7.92. The lowest BCUT2D eigenvalue weighted by Crippen LogP contribution is -1.98. The summed E-state index contributed by atoms with van der Waals surface area (Å²) in [5, 5.41) is 0. The van der Waals surface area contributed by atoms with Crippen LogP contribution < -0.4 is 0 Å². The topological polar surface area (TPSA) is 0 Å². The molecule has 0 nitrogen and oxygen atoms in total. The van der Waals surface area contributed by atoms with E-state index in [0.29, 0.717) is 0 Å². The summed E-state index contributed by atoms with van der Waals surface area (Å²) in [5.41, 5.74) is 3.52. The maximum absolute atomic E-state index is 2.38. The normalized spacial score (nSPS) is 18.9. The minimum atomic E-state index is 0.940. The van der Waals surface area contributed by atoms with Crippen molar-refractivity contribution < 1.29 is 0 Å². The fraction of sp³-hybridized carbons (Fsp3) is 0.875. The van der Waals surface area contributed by atoms with E-state index in [-0.39, 0.29) is 0 Å². The van der Waals surface area contributed by atoms with E-state index in [4.69, 9.17) is 0 Å². The summed E-state index contributed by atoms with van der Waals surface area (Å²) < 4.78 is 0. The van der Waals surface area contributed by atoms with Crippen LogP contribution in [0.3, 0.4) is 0 Å². The van der Waals surface area contributed by atoms with Crippen molar-refractivity contribution in [3.63, 3.8) is 0 Å². The number of allylic oxidation sites excluding steroid dienone is 2. The fourth-order valence-corrected chi connectivity index (χ4v) is 2.67. The first-order valence-electron chi connectivity index (χ1n) is 7.41. The minimum Gasteiger partial charge on any atom is -0.0741 e. The fourth-order valence-electron chi connectivity index (χ4n) is 2.67. The van der Waals surface area contributed by atoms with Gasteiger partial charge in [0, 0.05) is 0 Å². The van der Waals surface area contributed by atoms with Crippen molar-refractivity contribution in [3.05, 3.63) is 11.1 Å². The Labute approximate surface area is 103 Å². The van der Waals surface area contributed by atoms with Gasteiger partial charge in [0.05, 0.1) is 0 Å². The Hall–Kier alpha value is -0.260. The van der Waals surface area contributed by atoms with E-state index < -0.39 is 0 Å². The van der Waals surface area contributed by atoms with Crippen molar-refractivity contribution in [2.45, 2.75) is 85.0 Å². The van der Waals surface area contributed by atoms with Crippen LogP contribution in [0.1, 0.15) is 85.0 Å². The van der Waals surface area contributed by atoms with Crippen LogP contribution in [0.2, 0.25) is 0 Å².